The third kappa shape index (κ3) is 5.12. The quantitative estimate of drug-likeness (QED) is 0.759. The molecule has 1 aromatic rings. The van der Waals surface area contributed by atoms with E-state index in [0.717, 1.165) is 6.42 Å². The van der Waals surface area contributed by atoms with Gasteiger partial charge in [-0.1, -0.05) is 6.92 Å². The number of nitrogens with zero attached hydrogens (tertiary/aromatic N) is 1. The van der Waals surface area contributed by atoms with E-state index < -0.39 is 28.2 Å². The second-order valence-corrected chi connectivity index (χ2v) is 5.86. The Morgan fingerprint density at radius 3 is 2.68 bits per heavy atom. The largest absolute Gasteiger partial charge is 0.481 e. The van der Waals surface area contributed by atoms with E-state index in [1.54, 1.807) is 0 Å². The molecule has 0 spiro atoms. The number of aryl methyl sites for hydroxylation is 1. The zero-order chi connectivity index (χ0) is 14.5. The van der Waals surface area contributed by atoms with Gasteiger partial charge in [0.05, 0.1) is 17.9 Å². The molecule has 0 saturated heterocycles. The maximum atomic E-state index is 11.6. The molecule has 0 atom stereocenters. The van der Waals surface area contributed by atoms with E-state index in [4.69, 9.17) is 5.11 Å². The van der Waals surface area contributed by atoms with Gasteiger partial charge in [-0.3, -0.25) is 14.3 Å². The lowest BCUT2D eigenvalue weighted by Crippen LogP contribution is -2.22. The number of pyridine rings is 1. The van der Waals surface area contributed by atoms with E-state index >= 15 is 0 Å². The molecular weight excluding hydrogens is 272 g/mol. The zero-order valence-electron chi connectivity index (χ0n) is 10.5. The van der Waals surface area contributed by atoms with Crippen molar-refractivity contribution in [3.8, 4) is 0 Å². The van der Waals surface area contributed by atoms with Crippen LogP contribution in [0.25, 0.3) is 0 Å². The zero-order valence-corrected chi connectivity index (χ0v) is 11.3. The number of carboxylic acids is 1. The van der Waals surface area contributed by atoms with E-state index in [9.17, 15) is 18.0 Å². The summed E-state index contributed by atoms with van der Waals surface area (Å²) in [5.41, 5.74) is 0.0359. The first-order valence-corrected chi connectivity index (χ1v) is 7.42. The second-order valence-electron chi connectivity index (χ2n) is 4.01. The number of hydrogen-bond donors (Lipinski definition) is 2. The Bertz CT molecular complexity index is 606. The van der Waals surface area contributed by atoms with Crippen molar-refractivity contribution in [3.63, 3.8) is 0 Å². The van der Waals surface area contributed by atoms with Crippen LogP contribution >= 0.6 is 0 Å². The van der Waals surface area contributed by atoms with Gasteiger partial charge in [0.25, 0.3) is 5.56 Å². The number of hydrogen-bond acceptors (Lipinski definition) is 4. The van der Waals surface area contributed by atoms with Gasteiger partial charge in [-0.2, -0.15) is 0 Å². The van der Waals surface area contributed by atoms with Crippen LogP contribution in [-0.4, -0.2) is 29.8 Å². The van der Waals surface area contributed by atoms with Crippen LogP contribution in [0.1, 0.15) is 19.8 Å². The number of nitrogens with one attached hydrogen (secondary N) is 1. The summed E-state index contributed by atoms with van der Waals surface area (Å²) >= 11 is 0. The highest BCUT2D eigenvalue weighted by Crippen LogP contribution is 2.07. The van der Waals surface area contributed by atoms with E-state index in [2.05, 4.69) is 4.72 Å². The van der Waals surface area contributed by atoms with Crippen LogP contribution in [-0.2, 0) is 21.4 Å². The summed E-state index contributed by atoms with van der Waals surface area (Å²) in [7, 11) is -3.72. The SMILES string of the molecule is CCCn1cc(NS(=O)(=O)CCC(=O)O)ccc1=O. The molecule has 19 heavy (non-hydrogen) atoms. The molecule has 0 saturated carbocycles. The molecule has 0 aliphatic heterocycles. The fourth-order valence-electron chi connectivity index (χ4n) is 1.46. The normalized spacial score (nSPS) is 11.2. The Morgan fingerprint density at radius 1 is 1.42 bits per heavy atom. The van der Waals surface area contributed by atoms with Crippen LogP contribution in [0.3, 0.4) is 0 Å². The Morgan fingerprint density at radius 2 is 2.11 bits per heavy atom. The first-order chi connectivity index (χ1) is 8.84. The Labute approximate surface area is 110 Å². The van der Waals surface area contributed by atoms with E-state index in [1.807, 2.05) is 6.92 Å². The lowest BCUT2D eigenvalue weighted by Gasteiger charge is -2.09. The van der Waals surface area contributed by atoms with Gasteiger partial charge in [-0.05, 0) is 12.5 Å². The van der Waals surface area contributed by atoms with Gasteiger partial charge in [0.15, 0.2) is 0 Å². The molecule has 0 fully saturated rings. The van der Waals surface area contributed by atoms with Crippen molar-refractivity contribution in [2.75, 3.05) is 10.5 Å². The molecule has 0 radical (unpaired) electrons. The summed E-state index contributed by atoms with van der Waals surface area (Å²) in [6, 6.07) is 2.62. The molecule has 8 heteroatoms. The van der Waals surface area contributed by atoms with Crippen molar-refractivity contribution in [3.05, 3.63) is 28.7 Å². The lowest BCUT2D eigenvalue weighted by molar-refractivity contribution is -0.136. The number of aromatic nitrogens is 1. The molecule has 0 aliphatic carbocycles. The van der Waals surface area contributed by atoms with Crippen LogP contribution in [0.4, 0.5) is 5.69 Å². The molecule has 1 rings (SSSR count). The molecule has 2 N–H and O–H groups in total. The maximum absolute atomic E-state index is 11.6. The number of anilines is 1. The molecule has 0 unspecified atom stereocenters. The monoisotopic (exact) mass is 288 g/mol. The minimum atomic E-state index is -3.72. The first-order valence-electron chi connectivity index (χ1n) is 5.77. The number of carboxylic acid groups (broad SMARTS) is 1. The Balaban J connectivity index is 2.84. The highest BCUT2D eigenvalue weighted by Gasteiger charge is 2.13. The van der Waals surface area contributed by atoms with E-state index in [0.29, 0.717) is 6.54 Å². The average Bonchev–Trinajstić information content (AvgIpc) is 2.31. The van der Waals surface area contributed by atoms with Crippen molar-refractivity contribution in [1.29, 1.82) is 0 Å². The fraction of sp³-hybridized carbons (Fsp3) is 0.455. The lowest BCUT2D eigenvalue weighted by atomic mass is 10.4. The Hall–Kier alpha value is -1.83. The summed E-state index contributed by atoms with van der Waals surface area (Å²) in [6.45, 7) is 2.39. The first kappa shape index (κ1) is 15.2. The topological polar surface area (TPSA) is 105 Å². The van der Waals surface area contributed by atoms with Gasteiger partial charge in [0.1, 0.15) is 0 Å². The van der Waals surface area contributed by atoms with Gasteiger partial charge in [-0.15, -0.1) is 0 Å². The number of carbonyl (C=O) groups is 1. The van der Waals surface area contributed by atoms with Crippen molar-refractivity contribution in [1.82, 2.24) is 4.57 Å². The van der Waals surface area contributed by atoms with Crippen LogP contribution in [0.15, 0.2) is 23.1 Å². The van der Waals surface area contributed by atoms with Gasteiger partial charge in [-0.25, -0.2) is 8.42 Å². The summed E-state index contributed by atoms with van der Waals surface area (Å²) < 4.78 is 26.8. The van der Waals surface area contributed by atoms with Crippen molar-refractivity contribution < 1.29 is 18.3 Å². The van der Waals surface area contributed by atoms with Crippen LogP contribution in [0.5, 0.6) is 0 Å². The highest BCUT2D eigenvalue weighted by atomic mass is 32.2. The predicted octanol–water partition coefficient (Wildman–Crippen LogP) is 0.475. The van der Waals surface area contributed by atoms with Crippen LogP contribution in [0.2, 0.25) is 0 Å². The van der Waals surface area contributed by atoms with Crippen molar-refractivity contribution in [2.45, 2.75) is 26.3 Å². The highest BCUT2D eigenvalue weighted by molar-refractivity contribution is 7.92. The van der Waals surface area contributed by atoms with Crippen LogP contribution in [0, 0.1) is 0 Å². The standard InChI is InChI=1S/C11H16N2O5S/c1-2-6-13-8-9(3-4-10(13)14)12-19(17,18)7-5-11(15)16/h3-4,8,12H,2,5-7H2,1H3,(H,15,16). The molecule has 106 valence electrons. The van der Waals surface area contributed by atoms with Gasteiger partial charge in [0.2, 0.25) is 10.0 Å². The van der Waals surface area contributed by atoms with E-state index in [1.165, 1.54) is 22.9 Å². The molecule has 0 amide bonds. The number of sulfonamides is 1. The molecule has 0 aliphatic rings. The Kier molecular flexibility index (Phi) is 5.11. The molecule has 1 heterocycles. The van der Waals surface area contributed by atoms with E-state index in [-0.39, 0.29) is 11.2 Å². The maximum Gasteiger partial charge on any atom is 0.304 e. The third-order valence-electron chi connectivity index (χ3n) is 2.31. The second kappa shape index (κ2) is 6.37. The fourth-order valence-corrected chi connectivity index (χ4v) is 2.48. The summed E-state index contributed by atoms with van der Waals surface area (Å²) in [5, 5.41) is 8.46. The van der Waals surface area contributed by atoms with Gasteiger partial charge >= 0.3 is 5.97 Å². The molecular formula is C11H16N2O5S. The molecule has 1 aromatic heterocycles. The van der Waals surface area contributed by atoms with Crippen molar-refractivity contribution >= 4 is 21.7 Å². The minimum Gasteiger partial charge on any atom is -0.481 e. The van der Waals surface area contributed by atoms with Gasteiger partial charge < -0.3 is 9.67 Å². The summed E-state index contributed by atoms with van der Waals surface area (Å²) in [4.78, 5) is 21.8. The molecule has 0 bridgehead atoms. The summed E-state index contributed by atoms with van der Waals surface area (Å²) in [6.07, 6.45) is 1.68. The third-order valence-corrected chi connectivity index (χ3v) is 3.59. The van der Waals surface area contributed by atoms with Gasteiger partial charge in [0, 0.05) is 18.8 Å². The predicted molar refractivity (Wildman–Crippen MR) is 70.7 cm³/mol. The molecule has 0 aromatic carbocycles. The van der Waals surface area contributed by atoms with Crippen LogP contribution < -0.4 is 10.3 Å². The summed E-state index contributed by atoms with van der Waals surface area (Å²) in [5.74, 6) is -1.68. The molecule has 7 nitrogen and oxygen atoms in total. The number of aliphatic carboxylic acids is 1. The average molecular weight is 288 g/mol. The smallest absolute Gasteiger partial charge is 0.304 e. The van der Waals surface area contributed by atoms with Crippen molar-refractivity contribution in [2.24, 2.45) is 0 Å². The minimum absolute atomic E-state index is 0.213. The number of rotatable bonds is 7.